The molecule has 29 heavy (non-hydrogen) atoms. The quantitative estimate of drug-likeness (QED) is 0.559. The molecule has 2 rings (SSSR count). The molecule has 0 saturated carbocycles. The maximum absolute atomic E-state index is 13.0. The maximum atomic E-state index is 13.0. The minimum atomic E-state index is -3.45. The van der Waals surface area contributed by atoms with Crippen LogP contribution in [0.15, 0.2) is 12.1 Å². The number of ether oxygens (including phenoxy) is 3. The summed E-state index contributed by atoms with van der Waals surface area (Å²) in [6, 6.07) is 3.22. The number of carbonyl (C=O) groups excluding carboxylic acids is 1. The molecule has 1 N–H and O–H groups in total. The van der Waals surface area contributed by atoms with E-state index in [9.17, 15) is 9.36 Å². The second kappa shape index (κ2) is 10.3. The summed E-state index contributed by atoms with van der Waals surface area (Å²) in [5.74, 6) is 0.133. The first kappa shape index (κ1) is 23.4. The van der Waals surface area contributed by atoms with Gasteiger partial charge in [-0.3, -0.25) is 14.2 Å². The third-order valence-corrected chi connectivity index (χ3v) is 6.85. The molecule has 0 bridgehead atoms. The molecule has 0 radical (unpaired) electrons. The summed E-state index contributed by atoms with van der Waals surface area (Å²) in [6.45, 7) is 3.92. The van der Waals surface area contributed by atoms with Gasteiger partial charge in [-0.15, -0.1) is 0 Å². The monoisotopic (exact) mass is 432 g/mol. The summed E-state index contributed by atoms with van der Waals surface area (Å²) in [7, 11) is 2.62. The zero-order valence-electron chi connectivity index (χ0n) is 17.6. The van der Waals surface area contributed by atoms with Gasteiger partial charge in [0.1, 0.15) is 5.78 Å². The normalized spacial score (nSPS) is 19.8. The Bertz CT molecular complexity index is 724. The first-order chi connectivity index (χ1) is 13.8. The van der Waals surface area contributed by atoms with Gasteiger partial charge in [-0.2, -0.15) is 5.06 Å². The molecule has 164 valence electrons. The van der Waals surface area contributed by atoms with E-state index in [0.717, 1.165) is 0 Å². The maximum Gasteiger partial charge on any atom is 0.350 e. The number of carbonyl (C=O) groups is 1. The molecular weight excluding hydrogens is 403 g/mol. The second-order valence-electron chi connectivity index (χ2n) is 6.14. The van der Waals surface area contributed by atoms with E-state index in [2.05, 4.69) is 5.32 Å². The Kier molecular flexibility index (Phi) is 8.30. The van der Waals surface area contributed by atoms with Gasteiger partial charge in [0, 0.05) is 31.3 Å². The number of rotatable bonds is 10. The zero-order valence-corrected chi connectivity index (χ0v) is 18.5. The van der Waals surface area contributed by atoms with Gasteiger partial charge in [0.25, 0.3) is 5.91 Å². The van der Waals surface area contributed by atoms with Crippen molar-refractivity contribution >= 4 is 19.2 Å². The van der Waals surface area contributed by atoms with Gasteiger partial charge in [-0.25, -0.2) is 0 Å². The molecule has 0 spiro atoms. The van der Waals surface area contributed by atoms with Crippen LogP contribution in [0.2, 0.25) is 0 Å². The van der Waals surface area contributed by atoms with Crippen molar-refractivity contribution in [3.63, 3.8) is 0 Å². The van der Waals surface area contributed by atoms with E-state index in [0.29, 0.717) is 22.9 Å². The minimum absolute atomic E-state index is 0.157. The predicted octanol–water partition coefficient (Wildman–Crippen LogP) is 2.88. The molecule has 1 saturated heterocycles. The summed E-state index contributed by atoms with van der Waals surface area (Å²) in [4.78, 5) is 18.4. The van der Waals surface area contributed by atoms with Crippen molar-refractivity contribution in [1.82, 2.24) is 5.06 Å². The van der Waals surface area contributed by atoms with Gasteiger partial charge in [-0.05, 0) is 13.8 Å². The highest BCUT2D eigenvalue weighted by atomic mass is 31.2. The van der Waals surface area contributed by atoms with Crippen LogP contribution in [0.1, 0.15) is 20.3 Å². The van der Waals surface area contributed by atoms with Crippen molar-refractivity contribution in [2.24, 2.45) is 0 Å². The Hall–Kier alpha value is -1.84. The Morgan fingerprint density at radius 2 is 1.69 bits per heavy atom. The molecule has 1 amide bonds. The molecule has 11 heteroatoms. The van der Waals surface area contributed by atoms with E-state index < -0.39 is 25.4 Å². The molecular formula is C18H29N2O8P. The van der Waals surface area contributed by atoms with Crippen LogP contribution in [0.5, 0.6) is 17.2 Å². The van der Waals surface area contributed by atoms with E-state index in [1.807, 2.05) is 0 Å². The lowest BCUT2D eigenvalue weighted by atomic mass is 10.2. The van der Waals surface area contributed by atoms with E-state index >= 15 is 0 Å². The van der Waals surface area contributed by atoms with Crippen molar-refractivity contribution in [3.8, 4) is 17.2 Å². The zero-order chi connectivity index (χ0) is 21.6. The van der Waals surface area contributed by atoms with Crippen molar-refractivity contribution < 1.29 is 37.5 Å². The number of hydrogen-bond acceptors (Lipinski definition) is 9. The molecule has 0 aromatic heterocycles. The van der Waals surface area contributed by atoms with E-state index in [-0.39, 0.29) is 19.6 Å². The van der Waals surface area contributed by atoms with Crippen molar-refractivity contribution in [1.29, 1.82) is 0 Å². The third kappa shape index (κ3) is 5.21. The highest BCUT2D eigenvalue weighted by molar-refractivity contribution is 7.54. The molecule has 1 aliphatic heterocycles. The molecule has 0 unspecified atom stereocenters. The van der Waals surface area contributed by atoms with E-state index in [1.54, 1.807) is 33.0 Å². The molecule has 1 aliphatic rings. The number of methoxy groups -OCH3 is 3. The average Bonchev–Trinajstić information content (AvgIpc) is 3.10. The van der Waals surface area contributed by atoms with Gasteiger partial charge >= 0.3 is 7.60 Å². The lowest BCUT2D eigenvalue weighted by Gasteiger charge is -2.25. The fourth-order valence-electron chi connectivity index (χ4n) is 3.08. The van der Waals surface area contributed by atoms with E-state index in [4.69, 9.17) is 28.1 Å². The van der Waals surface area contributed by atoms with Gasteiger partial charge < -0.3 is 28.6 Å². The smallest absolute Gasteiger partial charge is 0.350 e. The van der Waals surface area contributed by atoms with Crippen molar-refractivity contribution in [2.45, 2.75) is 32.2 Å². The molecule has 1 aromatic carbocycles. The van der Waals surface area contributed by atoms with E-state index in [1.165, 1.54) is 26.4 Å². The third-order valence-electron chi connectivity index (χ3n) is 4.35. The minimum Gasteiger partial charge on any atom is -0.493 e. The largest absolute Gasteiger partial charge is 0.493 e. The fraction of sp³-hybridized carbons (Fsp3) is 0.611. The Labute approximate surface area is 170 Å². The molecule has 1 aromatic rings. The van der Waals surface area contributed by atoms with Crippen molar-refractivity contribution in [3.05, 3.63) is 12.1 Å². The fourth-order valence-corrected chi connectivity index (χ4v) is 5.12. The molecule has 0 aliphatic carbocycles. The Morgan fingerprint density at radius 3 is 2.14 bits per heavy atom. The number of nitrogens with zero attached hydrogens (tertiary/aromatic N) is 1. The van der Waals surface area contributed by atoms with Crippen LogP contribution in [0.4, 0.5) is 5.69 Å². The highest BCUT2D eigenvalue weighted by Gasteiger charge is 2.48. The molecule has 2 atom stereocenters. The first-order valence-electron chi connectivity index (χ1n) is 9.22. The number of hydrogen-bond donors (Lipinski definition) is 1. The predicted molar refractivity (Wildman–Crippen MR) is 107 cm³/mol. The van der Waals surface area contributed by atoms with Gasteiger partial charge in [0.05, 0.1) is 34.5 Å². The van der Waals surface area contributed by atoms with Crippen LogP contribution in [-0.2, 0) is 23.2 Å². The summed E-state index contributed by atoms with van der Waals surface area (Å²) in [5, 5.41) is 4.13. The highest BCUT2D eigenvalue weighted by Crippen LogP contribution is 2.57. The summed E-state index contributed by atoms with van der Waals surface area (Å²) in [6.07, 6.45) is -0.706. The average molecular weight is 432 g/mol. The summed E-state index contributed by atoms with van der Waals surface area (Å²) < 4.78 is 39.7. The summed E-state index contributed by atoms with van der Waals surface area (Å²) in [5.41, 5.74) is 0.442. The molecule has 10 nitrogen and oxygen atoms in total. The lowest BCUT2D eigenvalue weighted by molar-refractivity contribution is -0.155. The van der Waals surface area contributed by atoms with Crippen LogP contribution >= 0.6 is 7.60 Å². The van der Waals surface area contributed by atoms with Crippen LogP contribution < -0.4 is 19.5 Å². The second-order valence-corrected chi connectivity index (χ2v) is 8.33. The first-order valence-corrected chi connectivity index (χ1v) is 10.8. The van der Waals surface area contributed by atoms with Gasteiger partial charge in [0.2, 0.25) is 5.75 Å². The van der Waals surface area contributed by atoms with Crippen LogP contribution in [0, 0.1) is 0 Å². The number of anilines is 1. The number of amides is 1. The standard InChI is InChI=1S/C18H29N2O8P/c1-7-26-29(22,27-8-2)16-11-15(28-20(16)3)18(21)19-12-9-13(23-4)17(25-6)14(10-12)24-5/h9-10,15-16H,7-8,11H2,1-6H3,(H,19,21)/t15-,16-/m1/s1. The summed E-state index contributed by atoms with van der Waals surface area (Å²) >= 11 is 0. The van der Waals surface area contributed by atoms with Gasteiger partial charge in [0.15, 0.2) is 17.6 Å². The van der Waals surface area contributed by atoms with Gasteiger partial charge in [-0.1, -0.05) is 0 Å². The number of hydroxylamine groups is 2. The number of benzene rings is 1. The molecule has 1 fully saturated rings. The number of nitrogens with one attached hydrogen (secondary N) is 1. The Balaban J connectivity index is 2.17. The molecule has 1 heterocycles. The lowest BCUT2D eigenvalue weighted by Crippen LogP contribution is -2.28. The van der Waals surface area contributed by atoms with Crippen LogP contribution in [-0.4, -0.2) is 64.4 Å². The van der Waals surface area contributed by atoms with Crippen LogP contribution in [0.3, 0.4) is 0 Å². The van der Waals surface area contributed by atoms with Crippen LogP contribution in [0.25, 0.3) is 0 Å². The topological polar surface area (TPSA) is 105 Å². The SMILES string of the molecule is CCOP(=O)(OCC)[C@@H]1C[C@H](C(=O)Nc2cc(OC)c(OC)c(OC)c2)ON1C. The van der Waals surface area contributed by atoms with Crippen molar-refractivity contribution in [2.75, 3.05) is 46.9 Å². The Morgan fingerprint density at radius 1 is 1.14 bits per heavy atom.